The zero-order valence-electron chi connectivity index (χ0n) is 61.5. The molecule has 1 fully saturated rings. The molecule has 0 spiro atoms. The van der Waals surface area contributed by atoms with Gasteiger partial charge in [0.2, 0.25) is 0 Å². The van der Waals surface area contributed by atoms with Crippen molar-refractivity contribution in [3.8, 4) is 67.0 Å². The Balaban J connectivity index is 0.000000115. The zero-order chi connectivity index (χ0) is 73.5. The van der Waals surface area contributed by atoms with Gasteiger partial charge in [0.15, 0.2) is 0 Å². The number of nitrogens with two attached hydrogens (primary N) is 1. The molecular formula is C100H72BBrN7O2-. The van der Waals surface area contributed by atoms with Gasteiger partial charge in [-0.05, 0) is 197 Å². The number of para-hydroxylation sites is 8. The third-order valence-electron chi connectivity index (χ3n) is 23.2. The van der Waals surface area contributed by atoms with E-state index in [2.05, 4.69) is 399 Å². The van der Waals surface area contributed by atoms with Crippen LogP contribution in [-0.2, 0) is 9.31 Å². The zero-order valence-corrected chi connectivity index (χ0v) is 63.1. The van der Waals surface area contributed by atoms with Gasteiger partial charge in [0, 0.05) is 122 Å². The predicted octanol–water partition coefficient (Wildman–Crippen LogP) is 26.5. The maximum absolute atomic E-state index is 6.25. The molecule has 0 aliphatic carbocycles. The summed E-state index contributed by atoms with van der Waals surface area (Å²) in [5.74, 6) is 0. The lowest BCUT2D eigenvalue weighted by Gasteiger charge is -2.32. The number of rotatable bonds is 8. The Morgan fingerprint density at radius 2 is 0.514 bits per heavy atom. The van der Waals surface area contributed by atoms with Crippen LogP contribution in [0.3, 0.4) is 0 Å². The molecule has 0 bridgehead atoms. The Morgan fingerprint density at radius 1 is 0.261 bits per heavy atom. The smallest absolute Gasteiger partial charge is 0.494 e. The maximum Gasteiger partial charge on any atom is 0.494 e. The normalized spacial score (nSPS) is 13.4. The lowest BCUT2D eigenvalue weighted by atomic mass is 9.78. The second kappa shape index (κ2) is 26.4. The highest BCUT2D eigenvalue weighted by molar-refractivity contribution is 9.10. The minimum atomic E-state index is -0.343. The standard InChI is InChI=1S/C47H29N3.C30H26BNO2.C23H15BrN2.H2N/c1-5-13-43-37(9-1)38-10-2-6-14-44(38)49(43)36-23-21-32(22-24-36)35-25-34(28-48-29-35)31-19-17-30(18-20-31)33-26-41-39-11-3-7-15-45(39)50-46-16-8-4-12-40(46)42(27-33)47(41)50;1-29(2)30(3,4)34-31(33-29)21-15-13-19(14-16-21)20-17-24-22-9-5-7-11-26(22)32-27-12-8-6-10-23(27)25(18-20)28(24)32;24-18-13-17(14-25-15-18)16-9-11-19(12-10-16)26-22-7-3-1-5-20(22)21-6-2-4-8-23(21)26;/h1-29H;5-18H,1-4H3;1-15H;1H2/q;;;-1. The Kier molecular flexibility index (Phi) is 16.0. The summed E-state index contributed by atoms with van der Waals surface area (Å²) in [6.07, 6.45) is 7.61. The number of aromatic nitrogens is 6. The third-order valence-corrected chi connectivity index (χ3v) is 23.7. The summed E-state index contributed by atoms with van der Waals surface area (Å²) in [5, 5.41) is 15.5. The molecule has 9 heterocycles. The Morgan fingerprint density at radius 3 is 0.829 bits per heavy atom. The molecule has 0 saturated carbocycles. The van der Waals surface area contributed by atoms with Crippen LogP contribution in [0.25, 0.3) is 193 Å². The lowest BCUT2D eigenvalue weighted by molar-refractivity contribution is 0.00578. The van der Waals surface area contributed by atoms with Crippen LogP contribution in [0.5, 0.6) is 0 Å². The Hall–Kier alpha value is -13.0. The van der Waals surface area contributed by atoms with Gasteiger partial charge in [-0.3, -0.25) is 9.97 Å². The van der Waals surface area contributed by atoms with E-state index in [1.807, 2.05) is 18.6 Å². The topological polar surface area (TPSA) is 96.4 Å². The predicted molar refractivity (Wildman–Crippen MR) is 469 cm³/mol. The summed E-state index contributed by atoms with van der Waals surface area (Å²) in [7, 11) is -0.343. The summed E-state index contributed by atoms with van der Waals surface area (Å²) in [5.41, 5.74) is 26.8. The van der Waals surface area contributed by atoms with E-state index in [1.165, 1.54) is 142 Å². The molecule has 14 aromatic carbocycles. The first-order chi connectivity index (χ1) is 53.9. The Bertz CT molecular complexity index is 7070. The monoisotopic (exact) mass is 1490 g/mol. The van der Waals surface area contributed by atoms with Crippen LogP contribution in [0.2, 0.25) is 0 Å². The third kappa shape index (κ3) is 11.0. The molecule has 1 aliphatic rings. The minimum absolute atomic E-state index is 0. The molecule has 11 heteroatoms. The minimum Gasteiger partial charge on any atom is -0.693 e. The van der Waals surface area contributed by atoms with Crippen molar-refractivity contribution in [1.82, 2.24) is 27.9 Å². The first-order valence-corrected chi connectivity index (χ1v) is 38.4. The van der Waals surface area contributed by atoms with Gasteiger partial charge in [0.05, 0.1) is 66.4 Å². The van der Waals surface area contributed by atoms with Crippen LogP contribution < -0.4 is 5.46 Å². The summed E-state index contributed by atoms with van der Waals surface area (Å²) in [6.45, 7) is 8.36. The number of benzene rings is 14. The number of fused-ring (bicyclic) bond motifs is 18. The van der Waals surface area contributed by atoms with Gasteiger partial charge in [-0.15, -0.1) is 0 Å². The van der Waals surface area contributed by atoms with E-state index in [9.17, 15) is 0 Å². The van der Waals surface area contributed by atoms with E-state index >= 15 is 0 Å². The van der Waals surface area contributed by atoms with E-state index in [4.69, 9.17) is 9.31 Å². The largest absolute Gasteiger partial charge is 0.693 e. The first-order valence-electron chi connectivity index (χ1n) is 37.6. The van der Waals surface area contributed by atoms with Crippen molar-refractivity contribution in [3.63, 3.8) is 0 Å². The number of hydrogen-bond acceptors (Lipinski definition) is 4. The fourth-order valence-corrected chi connectivity index (χ4v) is 17.6. The highest BCUT2D eigenvalue weighted by Crippen LogP contribution is 2.46. The molecule has 2 N–H and O–H groups in total. The molecule has 1 aliphatic heterocycles. The molecule has 0 amide bonds. The lowest BCUT2D eigenvalue weighted by Crippen LogP contribution is -2.41. The van der Waals surface area contributed by atoms with Gasteiger partial charge >= 0.3 is 7.12 Å². The van der Waals surface area contributed by atoms with Gasteiger partial charge in [-0.1, -0.05) is 218 Å². The molecular weight excluding hydrogens is 1420 g/mol. The van der Waals surface area contributed by atoms with Gasteiger partial charge in [0.25, 0.3) is 0 Å². The second-order valence-corrected chi connectivity index (χ2v) is 31.0. The van der Waals surface area contributed by atoms with Crippen LogP contribution >= 0.6 is 15.9 Å². The number of nitrogens with zero attached hydrogens (tertiary/aromatic N) is 6. The molecule has 0 radical (unpaired) electrons. The molecule has 111 heavy (non-hydrogen) atoms. The summed E-state index contributed by atoms with van der Waals surface area (Å²) in [4.78, 5) is 8.93. The molecule has 0 atom stereocenters. The highest BCUT2D eigenvalue weighted by Gasteiger charge is 2.51. The van der Waals surface area contributed by atoms with Crippen molar-refractivity contribution < 1.29 is 9.31 Å². The van der Waals surface area contributed by atoms with Crippen molar-refractivity contribution in [2.45, 2.75) is 38.9 Å². The van der Waals surface area contributed by atoms with Crippen molar-refractivity contribution in [2.24, 2.45) is 0 Å². The number of pyridine rings is 2. The highest BCUT2D eigenvalue weighted by atomic mass is 79.9. The fourth-order valence-electron chi connectivity index (χ4n) is 17.2. The summed E-state index contributed by atoms with van der Waals surface area (Å²) in [6, 6.07) is 118. The van der Waals surface area contributed by atoms with Crippen LogP contribution in [-0.4, -0.2) is 46.2 Å². The van der Waals surface area contributed by atoms with Crippen molar-refractivity contribution >= 4 is 148 Å². The molecule has 530 valence electrons. The van der Waals surface area contributed by atoms with E-state index in [-0.39, 0.29) is 24.5 Å². The average molecular weight is 1490 g/mol. The van der Waals surface area contributed by atoms with Gasteiger partial charge in [-0.2, -0.15) is 0 Å². The second-order valence-electron chi connectivity index (χ2n) is 30.1. The quantitative estimate of drug-likeness (QED) is 0.142. The van der Waals surface area contributed by atoms with Crippen LogP contribution in [0.4, 0.5) is 0 Å². The molecule has 9 nitrogen and oxygen atoms in total. The van der Waals surface area contributed by atoms with Crippen molar-refractivity contribution in [1.29, 1.82) is 0 Å². The van der Waals surface area contributed by atoms with E-state index in [0.717, 1.165) is 54.7 Å². The van der Waals surface area contributed by atoms with E-state index < -0.39 is 0 Å². The van der Waals surface area contributed by atoms with Crippen molar-refractivity contribution in [3.05, 3.63) is 363 Å². The van der Waals surface area contributed by atoms with Crippen LogP contribution in [0.1, 0.15) is 27.7 Å². The van der Waals surface area contributed by atoms with Gasteiger partial charge in [0.1, 0.15) is 0 Å². The maximum atomic E-state index is 6.25. The molecule has 8 aromatic heterocycles. The summed E-state index contributed by atoms with van der Waals surface area (Å²) < 4.78 is 23.0. The van der Waals surface area contributed by atoms with Crippen LogP contribution in [0.15, 0.2) is 357 Å². The molecule has 22 aromatic rings. The Labute approximate surface area is 650 Å². The number of halogens is 1. The van der Waals surface area contributed by atoms with Gasteiger partial charge in [-0.25, -0.2) is 0 Å². The average Bonchev–Trinajstić information content (AvgIpc) is 1.55. The van der Waals surface area contributed by atoms with E-state index in [1.54, 1.807) is 6.20 Å². The fraction of sp³-hybridized carbons (Fsp3) is 0.0600. The van der Waals surface area contributed by atoms with E-state index in [0.29, 0.717) is 0 Å². The number of hydrogen-bond donors (Lipinski definition) is 0. The van der Waals surface area contributed by atoms with Crippen LogP contribution in [0, 0.1) is 0 Å². The molecule has 0 unspecified atom stereocenters. The van der Waals surface area contributed by atoms with Crippen molar-refractivity contribution in [2.75, 3.05) is 0 Å². The molecule has 23 rings (SSSR count). The van der Waals surface area contributed by atoms with Gasteiger partial charge < -0.3 is 33.4 Å². The summed E-state index contributed by atoms with van der Waals surface area (Å²) >= 11 is 3.49. The molecule has 1 saturated heterocycles. The first kappa shape index (κ1) is 67.4. The SMILES string of the molecule is Brc1cncc(-c2ccc(-n3c4ccccc4c4ccccc43)cc2)c1.CC1(C)OB(c2ccc(-c3cc4c5ccccc5n5c6ccccc6c(c3)c45)cc2)OC1(C)C.[NH2-].c1ccc2c(c1)c1ccccc1n2-c1ccc(-c2cncc(-c3ccc(-c4cc5c6ccccc6n6c7ccccc7c(c4)c56)cc3)c2)cc1.